The van der Waals surface area contributed by atoms with E-state index in [2.05, 4.69) is 5.32 Å². The highest BCUT2D eigenvalue weighted by molar-refractivity contribution is 6.11. The second-order valence-electron chi connectivity index (χ2n) is 10.9. The minimum absolute atomic E-state index is 0.306. The molecule has 1 heterocycles. The van der Waals surface area contributed by atoms with E-state index in [9.17, 15) is 19.2 Å². The number of benzene rings is 4. The van der Waals surface area contributed by atoms with Crippen LogP contribution in [0.1, 0.15) is 25.0 Å². The van der Waals surface area contributed by atoms with Crippen molar-refractivity contribution in [3.05, 3.63) is 120 Å². The molecule has 1 aliphatic heterocycles. The molecule has 45 heavy (non-hydrogen) atoms. The Kier molecular flexibility index (Phi) is 8.43. The van der Waals surface area contributed by atoms with Gasteiger partial charge in [-0.25, -0.2) is 4.79 Å². The number of hydrogen-bond acceptors (Lipinski definition) is 6. The molecule has 10 nitrogen and oxygen atoms in total. The summed E-state index contributed by atoms with van der Waals surface area (Å²) in [6.45, 7) is 3.99. The number of carbonyl (C=O) groups is 4. The van der Waals surface area contributed by atoms with Gasteiger partial charge in [0, 0.05) is 30.9 Å². The number of fused-ring (bicyclic) bond motifs is 1. The maximum absolute atomic E-state index is 14.5. The molecule has 0 saturated carbocycles. The lowest BCUT2D eigenvalue weighted by Gasteiger charge is -2.46. The Balaban J connectivity index is 1.63. The van der Waals surface area contributed by atoms with Crippen LogP contribution in [0.3, 0.4) is 0 Å². The summed E-state index contributed by atoms with van der Waals surface area (Å²) in [6, 6.07) is 30.5. The fourth-order valence-electron chi connectivity index (χ4n) is 5.72. The summed E-state index contributed by atoms with van der Waals surface area (Å²) in [4.78, 5) is 59.3. The van der Waals surface area contributed by atoms with Crippen molar-refractivity contribution in [2.45, 2.75) is 32.2 Å². The molecular weight excluding hydrogens is 570 g/mol. The Morgan fingerprint density at radius 1 is 0.822 bits per heavy atom. The van der Waals surface area contributed by atoms with Crippen LogP contribution in [0, 0.1) is 6.92 Å². The van der Waals surface area contributed by atoms with Gasteiger partial charge in [-0.05, 0) is 61.9 Å². The van der Waals surface area contributed by atoms with Crippen molar-refractivity contribution in [1.29, 1.82) is 0 Å². The molecule has 4 aromatic carbocycles. The summed E-state index contributed by atoms with van der Waals surface area (Å²) < 4.78 is 6.38. The van der Waals surface area contributed by atoms with E-state index in [0.29, 0.717) is 28.4 Å². The first kappa shape index (κ1) is 31.0. The monoisotopic (exact) mass is 605 g/mol. The minimum atomic E-state index is -2.24. The van der Waals surface area contributed by atoms with Gasteiger partial charge in [-0.3, -0.25) is 29.9 Å². The Labute approximate surface area is 262 Å². The Morgan fingerprint density at radius 2 is 1.42 bits per heavy atom. The van der Waals surface area contributed by atoms with E-state index in [1.165, 1.54) is 23.6 Å². The number of nitrogens with two attached hydrogens (primary N) is 1. The van der Waals surface area contributed by atoms with Gasteiger partial charge in [0.2, 0.25) is 23.2 Å². The number of para-hydroxylation sites is 3. The molecule has 3 N–H and O–H groups in total. The van der Waals surface area contributed by atoms with Gasteiger partial charge in [-0.15, -0.1) is 0 Å². The number of urea groups is 1. The van der Waals surface area contributed by atoms with Crippen molar-refractivity contribution < 1.29 is 23.9 Å². The molecule has 2 atom stereocenters. The molecule has 2 unspecified atom stereocenters. The molecule has 4 amide bonds. The van der Waals surface area contributed by atoms with Crippen LogP contribution in [0.2, 0.25) is 0 Å². The molecule has 0 fully saturated rings. The maximum Gasteiger partial charge on any atom is 0.324 e. The lowest BCUT2D eigenvalue weighted by atomic mass is 9.89. The van der Waals surface area contributed by atoms with E-state index in [1.807, 2.05) is 31.2 Å². The fourth-order valence-corrected chi connectivity index (χ4v) is 5.72. The first-order chi connectivity index (χ1) is 21.5. The van der Waals surface area contributed by atoms with Crippen molar-refractivity contribution >= 4 is 40.7 Å². The van der Waals surface area contributed by atoms with Gasteiger partial charge in [0.15, 0.2) is 5.78 Å². The van der Waals surface area contributed by atoms with E-state index in [1.54, 1.807) is 92.0 Å². The SMILES string of the molecule is CC(=O)N1c2ccccc2C(N)(Oc2ccccc2)C1(NC(=O)N(CC(=O)N(C)c1ccccc1)c1cccc(C)c1)C(C)=O. The van der Waals surface area contributed by atoms with E-state index in [4.69, 9.17) is 10.5 Å². The van der Waals surface area contributed by atoms with Gasteiger partial charge in [0.25, 0.3) is 0 Å². The van der Waals surface area contributed by atoms with Crippen LogP contribution >= 0.6 is 0 Å². The van der Waals surface area contributed by atoms with Crippen LogP contribution in [0.25, 0.3) is 0 Å². The summed E-state index contributed by atoms with van der Waals surface area (Å²) in [7, 11) is 1.62. The summed E-state index contributed by atoms with van der Waals surface area (Å²) in [6.07, 6.45) is 0. The number of nitrogens with zero attached hydrogens (tertiary/aromatic N) is 3. The van der Waals surface area contributed by atoms with Gasteiger partial charge < -0.3 is 15.0 Å². The third kappa shape index (κ3) is 5.51. The summed E-state index contributed by atoms with van der Waals surface area (Å²) in [5.41, 5.74) is 5.30. The predicted molar refractivity (Wildman–Crippen MR) is 173 cm³/mol. The first-order valence-corrected chi connectivity index (χ1v) is 14.4. The highest BCUT2D eigenvalue weighted by Gasteiger charge is 2.68. The Bertz CT molecular complexity index is 1750. The van der Waals surface area contributed by atoms with Gasteiger partial charge in [0.05, 0.1) is 5.69 Å². The molecule has 230 valence electrons. The number of amides is 4. The number of rotatable bonds is 8. The minimum Gasteiger partial charge on any atom is -0.464 e. The molecule has 0 radical (unpaired) electrons. The summed E-state index contributed by atoms with van der Waals surface area (Å²) in [5.74, 6) is -1.29. The molecule has 4 aromatic rings. The van der Waals surface area contributed by atoms with Crippen LogP contribution in [-0.4, -0.2) is 42.9 Å². The molecule has 10 heteroatoms. The smallest absolute Gasteiger partial charge is 0.324 e. The molecule has 0 saturated heterocycles. The number of ketones is 1. The van der Waals surface area contributed by atoms with Crippen molar-refractivity contribution in [1.82, 2.24) is 5.32 Å². The van der Waals surface area contributed by atoms with E-state index in [0.717, 1.165) is 10.5 Å². The third-order valence-corrected chi connectivity index (χ3v) is 7.92. The summed E-state index contributed by atoms with van der Waals surface area (Å²) >= 11 is 0. The van der Waals surface area contributed by atoms with Gasteiger partial charge in [0.1, 0.15) is 12.3 Å². The molecule has 1 aliphatic rings. The number of aryl methyl sites for hydroxylation is 1. The molecule has 0 aromatic heterocycles. The van der Waals surface area contributed by atoms with Crippen LogP contribution in [0.4, 0.5) is 21.9 Å². The maximum atomic E-state index is 14.5. The Morgan fingerprint density at radius 3 is 2.04 bits per heavy atom. The number of ether oxygens (including phenoxy) is 1. The number of hydrogen-bond donors (Lipinski definition) is 2. The lowest BCUT2D eigenvalue weighted by molar-refractivity contribution is -0.137. The predicted octanol–water partition coefficient (Wildman–Crippen LogP) is 4.72. The molecule has 0 aliphatic carbocycles. The van der Waals surface area contributed by atoms with E-state index >= 15 is 0 Å². The zero-order valence-electron chi connectivity index (χ0n) is 25.6. The molecule has 0 spiro atoms. The van der Waals surface area contributed by atoms with Crippen molar-refractivity contribution in [3.63, 3.8) is 0 Å². The van der Waals surface area contributed by atoms with Crippen LogP contribution in [0.5, 0.6) is 5.75 Å². The average molecular weight is 606 g/mol. The van der Waals surface area contributed by atoms with Crippen LogP contribution in [-0.2, 0) is 20.1 Å². The standard InChI is InChI=1S/C35H35N5O5/c1-24-14-13-17-28(22-24)39(23-32(43)38(4)27-15-7-5-8-16-27)33(44)37-35(25(2)41)34(36,45-29-18-9-6-10-19-29)30-20-11-12-21-31(30)40(35)26(3)42/h5-22H,23,36H2,1-4H3,(H,37,44). The van der Waals surface area contributed by atoms with E-state index in [-0.39, 0.29) is 0 Å². The van der Waals surface area contributed by atoms with Gasteiger partial charge >= 0.3 is 6.03 Å². The Hall–Kier alpha value is -5.48. The largest absolute Gasteiger partial charge is 0.464 e. The second kappa shape index (κ2) is 12.3. The van der Waals surface area contributed by atoms with Crippen molar-refractivity contribution in [2.24, 2.45) is 5.73 Å². The number of carbonyl (C=O) groups excluding carboxylic acids is 4. The fraction of sp³-hybridized carbons (Fsp3) is 0.200. The van der Waals surface area contributed by atoms with Gasteiger partial charge in [-0.2, -0.15) is 0 Å². The number of nitrogens with one attached hydrogen (secondary N) is 1. The quantitative estimate of drug-likeness (QED) is 0.280. The lowest BCUT2D eigenvalue weighted by Crippen LogP contribution is -2.78. The van der Waals surface area contributed by atoms with Gasteiger partial charge in [-0.1, -0.05) is 66.7 Å². The zero-order valence-corrected chi connectivity index (χ0v) is 25.6. The topological polar surface area (TPSA) is 125 Å². The van der Waals surface area contributed by atoms with Crippen LogP contribution in [0.15, 0.2) is 109 Å². The normalized spacial score (nSPS) is 18.5. The second-order valence-corrected chi connectivity index (χ2v) is 10.9. The van der Waals surface area contributed by atoms with Crippen LogP contribution < -0.4 is 30.5 Å². The average Bonchev–Trinajstić information content (AvgIpc) is 3.25. The highest BCUT2D eigenvalue weighted by Crippen LogP contribution is 2.49. The van der Waals surface area contributed by atoms with E-state index < -0.39 is 41.6 Å². The molecule has 0 bridgehead atoms. The molecule has 5 rings (SSSR count). The highest BCUT2D eigenvalue weighted by atomic mass is 16.5. The number of anilines is 3. The van der Waals surface area contributed by atoms with Crippen molar-refractivity contribution in [3.8, 4) is 5.75 Å². The zero-order chi connectivity index (χ0) is 32.4. The van der Waals surface area contributed by atoms with Crippen molar-refractivity contribution in [2.75, 3.05) is 28.3 Å². The summed E-state index contributed by atoms with van der Waals surface area (Å²) in [5, 5.41) is 2.80. The number of Topliss-reactive ketones (excluding diaryl/α,β-unsaturated/α-hetero) is 1. The number of likely N-dealkylation sites (N-methyl/N-ethyl adjacent to an activating group) is 1. The third-order valence-electron chi connectivity index (χ3n) is 7.92. The first-order valence-electron chi connectivity index (χ1n) is 14.4. The molecular formula is C35H35N5O5.